The Morgan fingerprint density at radius 1 is 1.07 bits per heavy atom. The maximum absolute atomic E-state index is 13.4. The summed E-state index contributed by atoms with van der Waals surface area (Å²) in [6.07, 6.45) is 0.973. The molecule has 0 spiro atoms. The van der Waals surface area contributed by atoms with E-state index in [4.69, 9.17) is 25.8 Å². The molecule has 1 fully saturated rings. The fraction of sp³-hybridized carbons (Fsp3) is 0.375. The fourth-order valence-electron chi connectivity index (χ4n) is 4.89. The van der Waals surface area contributed by atoms with Crippen molar-refractivity contribution in [2.45, 2.75) is 38.3 Å². The number of hydrogen-bond acceptors (Lipinski definition) is 5. The van der Waals surface area contributed by atoms with Crippen LogP contribution < -0.4 is 9.47 Å². The molecule has 0 aliphatic carbocycles. The average Bonchev–Trinajstić information content (AvgIpc) is 2.97. The molecule has 0 unspecified atom stereocenters. The average molecular weight is 565 g/mol. The number of para-hydroxylation sites is 1. The van der Waals surface area contributed by atoms with Gasteiger partial charge in [-0.15, -0.1) is 0 Å². The van der Waals surface area contributed by atoms with Crippen LogP contribution in [-0.4, -0.2) is 67.7 Å². The number of halogens is 1. The predicted molar refractivity (Wildman–Crippen MR) is 156 cm³/mol. The van der Waals surface area contributed by atoms with Crippen molar-refractivity contribution in [3.05, 3.63) is 94.5 Å². The number of carbonyl (C=O) groups is 2. The van der Waals surface area contributed by atoms with E-state index in [1.54, 1.807) is 36.1 Å². The lowest BCUT2D eigenvalue weighted by atomic mass is 9.96. The van der Waals surface area contributed by atoms with Gasteiger partial charge in [-0.1, -0.05) is 60.1 Å². The quantitative estimate of drug-likeness (QED) is 0.315. The molecule has 212 valence electrons. The third-order valence-corrected chi connectivity index (χ3v) is 7.62. The summed E-state index contributed by atoms with van der Waals surface area (Å²) in [4.78, 5) is 30.3. The van der Waals surface area contributed by atoms with E-state index in [0.29, 0.717) is 43.3 Å². The molecule has 0 bridgehead atoms. The Morgan fingerprint density at radius 2 is 1.82 bits per heavy atom. The molecular weight excluding hydrogens is 528 g/mol. The van der Waals surface area contributed by atoms with E-state index in [0.717, 1.165) is 22.4 Å². The first-order chi connectivity index (χ1) is 19.3. The minimum absolute atomic E-state index is 0.00556. The van der Waals surface area contributed by atoms with E-state index < -0.39 is 5.60 Å². The Hall–Kier alpha value is -3.55. The van der Waals surface area contributed by atoms with Crippen LogP contribution >= 0.6 is 11.6 Å². The highest BCUT2D eigenvalue weighted by molar-refractivity contribution is 6.31. The topological polar surface area (TPSA) is 68.3 Å². The highest BCUT2D eigenvalue weighted by Gasteiger charge is 2.42. The predicted octanol–water partition coefficient (Wildman–Crippen LogP) is 5.31. The first-order valence-corrected chi connectivity index (χ1v) is 13.9. The lowest BCUT2D eigenvalue weighted by Gasteiger charge is -2.42. The lowest BCUT2D eigenvalue weighted by molar-refractivity contribution is -0.165. The number of hydrogen-bond donors (Lipinski definition) is 0. The van der Waals surface area contributed by atoms with Gasteiger partial charge in [0, 0.05) is 31.6 Å². The summed E-state index contributed by atoms with van der Waals surface area (Å²) in [6.45, 7) is 3.55. The van der Waals surface area contributed by atoms with Gasteiger partial charge in [0.15, 0.2) is 0 Å². The van der Waals surface area contributed by atoms with Gasteiger partial charge < -0.3 is 24.0 Å². The van der Waals surface area contributed by atoms with E-state index in [1.165, 1.54) is 0 Å². The molecule has 8 heteroatoms. The number of carbonyl (C=O) groups excluding carboxylic acids is 2. The molecule has 3 aromatic rings. The Kier molecular flexibility index (Phi) is 10.1. The summed E-state index contributed by atoms with van der Waals surface area (Å²) in [5.74, 6) is 1.33. The summed E-state index contributed by atoms with van der Waals surface area (Å²) in [5, 5.41) is 0.653. The normalized spacial score (nSPS) is 16.9. The van der Waals surface area contributed by atoms with Gasteiger partial charge in [-0.2, -0.15) is 0 Å². The highest BCUT2D eigenvalue weighted by Crippen LogP contribution is 2.28. The number of nitrogens with zero attached hydrogens (tertiary/aromatic N) is 2. The van der Waals surface area contributed by atoms with Crippen molar-refractivity contribution in [1.29, 1.82) is 0 Å². The van der Waals surface area contributed by atoms with Crippen molar-refractivity contribution >= 4 is 23.4 Å². The molecule has 7 nitrogen and oxygen atoms in total. The maximum Gasteiger partial charge on any atom is 0.225 e. The largest absolute Gasteiger partial charge is 0.496 e. The summed E-state index contributed by atoms with van der Waals surface area (Å²) < 4.78 is 17.9. The van der Waals surface area contributed by atoms with Crippen molar-refractivity contribution in [2.75, 3.05) is 40.5 Å². The molecular formula is C32H37ClN2O5. The second-order valence-electron chi connectivity index (χ2n) is 10.3. The third kappa shape index (κ3) is 7.77. The van der Waals surface area contributed by atoms with E-state index in [9.17, 15) is 9.59 Å². The number of amides is 2. The zero-order chi connectivity index (χ0) is 28.5. The van der Waals surface area contributed by atoms with Gasteiger partial charge in [0.25, 0.3) is 0 Å². The minimum Gasteiger partial charge on any atom is -0.496 e. The van der Waals surface area contributed by atoms with Crippen LogP contribution in [0, 0.1) is 6.92 Å². The second kappa shape index (κ2) is 13.7. The van der Waals surface area contributed by atoms with Gasteiger partial charge in [-0.05, 0) is 54.3 Å². The number of ether oxygens (including phenoxy) is 3. The Balaban J connectivity index is 1.48. The van der Waals surface area contributed by atoms with Crippen molar-refractivity contribution in [2.24, 2.45) is 0 Å². The SMILES string of the molecule is COc1ccccc1CCC(=O)N1CCO[C@@](COc2ccc(Cl)c(C)c2)(CC(=O)N(C)Cc2ccccc2)C1. The van der Waals surface area contributed by atoms with Crippen molar-refractivity contribution in [3.63, 3.8) is 0 Å². The summed E-state index contributed by atoms with van der Waals surface area (Å²) in [5.41, 5.74) is 1.92. The first-order valence-electron chi connectivity index (χ1n) is 13.5. The maximum atomic E-state index is 13.4. The van der Waals surface area contributed by atoms with Gasteiger partial charge in [-0.25, -0.2) is 0 Å². The molecule has 2 amide bonds. The zero-order valence-electron chi connectivity index (χ0n) is 23.4. The monoisotopic (exact) mass is 564 g/mol. The molecule has 0 aromatic heterocycles. The zero-order valence-corrected chi connectivity index (χ0v) is 24.2. The van der Waals surface area contributed by atoms with E-state index in [1.807, 2.05) is 67.6 Å². The third-order valence-electron chi connectivity index (χ3n) is 7.19. The summed E-state index contributed by atoms with van der Waals surface area (Å²) >= 11 is 6.19. The summed E-state index contributed by atoms with van der Waals surface area (Å²) in [7, 11) is 3.41. The number of benzene rings is 3. The van der Waals surface area contributed by atoms with Crippen LogP contribution in [0.2, 0.25) is 5.02 Å². The Labute approximate surface area is 241 Å². The molecule has 1 aliphatic rings. The standard InChI is InChI=1S/C32H37ClN2O5/c1-24-19-27(14-15-28(24)33)39-23-32(20-31(37)34(2)21-25-9-5-4-6-10-25)22-35(17-18-40-32)30(36)16-13-26-11-7-8-12-29(26)38-3/h4-12,14-15,19H,13,16-18,20-23H2,1-3H3/t32-/m0/s1. The van der Waals surface area contributed by atoms with Gasteiger partial charge in [0.05, 0.1) is 26.7 Å². The van der Waals surface area contributed by atoms with Crippen LogP contribution in [0.3, 0.4) is 0 Å². The molecule has 3 aromatic carbocycles. The Morgan fingerprint density at radius 3 is 2.58 bits per heavy atom. The van der Waals surface area contributed by atoms with Crippen LogP contribution in [0.4, 0.5) is 0 Å². The van der Waals surface area contributed by atoms with Gasteiger partial charge >= 0.3 is 0 Å². The van der Waals surface area contributed by atoms with E-state index >= 15 is 0 Å². The van der Waals surface area contributed by atoms with Crippen LogP contribution in [-0.2, 0) is 27.3 Å². The summed E-state index contributed by atoms with van der Waals surface area (Å²) in [6, 6.07) is 23.0. The number of aryl methyl sites for hydroxylation is 2. The van der Waals surface area contributed by atoms with Gasteiger partial charge in [0.2, 0.25) is 11.8 Å². The van der Waals surface area contributed by atoms with Gasteiger partial charge in [-0.3, -0.25) is 9.59 Å². The highest BCUT2D eigenvalue weighted by atomic mass is 35.5. The van der Waals surface area contributed by atoms with Crippen molar-refractivity contribution < 1.29 is 23.8 Å². The molecule has 0 radical (unpaired) electrons. The van der Waals surface area contributed by atoms with Crippen LogP contribution in [0.15, 0.2) is 72.8 Å². The van der Waals surface area contributed by atoms with Crippen molar-refractivity contribution in [1.82, 2.24) is 9.80 Å². The first kappa shape index (κ1) is 29.4. The lowest BCUT2D eigenvalue weighted by Crippen LogP contribution is -2.58. The van der Waals surface area contributed by atoms with Crippen LogP contribution in [0.1, 0.15) is 29.5 Å². The molecule has 1 heterocycles. The van der Waals surface area contributed by atoms with Crippen molar-refractivity contribution in [3.8, 4) is 11.5 Å². The number of morpholine rings is 1. The minimum atomic E-state index is -0.992. The molecule has 1 atom stereocenters. The fourth-order valence-corrected chi connectivity index (χ4v) is 5.01. The van der Waals surface area contributed by atoms with E-state index in [2.05, 4.69) is 0 Å². The van der Waals surface area contributed by atoms with Crippen LogP contribution in [0.5, 0.6) is 11.5 Å². The molecule has 40 heavy (non-hydrogen) atoms. The smallest absolute Gasteiger partial charge is 0.225 e. The number of methoxy groups -OCH3 is 1. The molecule has 0 N–H and O–H groups in total. The second-order valence-corrected chi connectivity index (χ2v) is 10.7. The molecule has 0 saturated carbocycles. The Bertz CT molecular complexity index is 1300. The van der Waals surface area contributed by atoms with Crippen LogP contribution in [0.25, 0.3) is 0 Å². The van der Waals surface area contributed by atoms with E-state index in [-0.39, 0.29) is 31.4 Å². The molecule has 4 rings (SSSR count). The molecule has 1 aliphatic heterocycles. The number of rotatable bonds is 11. The molecule has 1 saturated heterocycles. The van der Waals surface area contributed by atoms with Gasteiger partial charge in [0.1, 0.15) is 23.7 Å².